The summed E-state index contributed by atoms with van der Waals surface area (Å²) in [4.78, 5) is 24.8. The van der Waals surface area contributed by atoms with Gasteiger partial charge in [-0.1, -0.05) is 100 Å². The average molecular weight is 849 g/mol. The highest BCUT2D eigenvalue weighted by Crippen LogP contribution is 2.60. The zero-order valence-electron chi connectivity index (χ0n) is 37.4. The van der Waals surface area contributed by atoms with Gasteiger partial charge in [-0.15, -0.1) is 0 Å². The SMILES string of the molecule is CCCCOC(C)O[C@H]1C=CC2C3CCc4cc(OC(=O)c5ccccc5)ccc4C3CC[C@@]21C.C[C@]12CCC3c4ccc(OC(=O)c5ccccc5)cc4CCC3C1C=C[C@@H]2O. The number of rotatable bonds is 10. The van der Waals surface area contributed by atoms with Crippen LogP contribution in [0.1, 0.15) is 134 Å². The van der Waals surface area contributed by atoms with Crippen molar-refractivity contribution in [3.8, 4) is 11.5 Å². The molecule has 10 rings (SSSR count). The zero-order chi connectivity index (χ0) is 43.7. The van der Waals surface area contributed by atoms with Crippen LogP contribution in [0.2, 0.25) is 0 Å². The maximum Gasteiger partial charge on any atom is 0.343 e. The topological polar surface area (TPSA) is 91.3 Å². The molecule has 11 atom stereocenters. The summed E-state index contributed by atoms with van der Waals surface area (Å²) in [5.74, 6) is 3.95. The molecule has 7 unspecified atom stereocenters. The normalized spacial score (nSPS) is 31.1. The smallest absolute Gasteiger partial charge is 0.343 e. The van der Waals surface area contributed by atoms with E-state index < -0.39 is 0 Å². The lowest BCUT2D eigenvalue weighted by Gasteiger charge is -2.50. The molecule has 0 amide bonds. The molecule has 0 radical (unpaired) electrons. The number of benzene rings is 4. The number of hydrogen-bond donors (Lipinski definition) is 1. The molecular formula is C56H64O7. The van der Waals surface area contributed by atoms with Crippen molar-refractivity contribution in [1.82, 2.24) is 0 Å². The zero-order valence-corrected chi connectivity index (χ0v) is 37.4. The Kier molecular flexibility index (Phi) is 12.6. The van der Waals surface area contributed by atoms with Gasteiger partial charge in [0.2, 0.25) is 0 Å². The molecule has 6 aliphatic carbocycles. The van der Waals surface area contributed by atoms with Gasteiger partial charge in [-0.2, -0.15) is 0 Å². The van der Waals surface area contributed by atoms with E-state index >= 15 is 0 Å². The van der Waals surface area contributed by atoms with E-state index in [0.717, 1.165) is 64.4 Å². The van der Waals surface area contributed by atoms with E-state index in [0.29, 0.717) is 58.1 Å². The van der Waals surface area contributed by atoms with Crippen molar-refractivity contribution in [3.05, 3.63) is 155 Å². The molecule has 0 bridgehead atoms. The van der Waals surface area contributed by atoms with Crippen LogP contribution in [0.15, 0.2) is 121 Å². The molecule has 4 aromatic rings. The van der Waals surface area contributed by atoms with Gasteiger partial charge in [0.25, 0.3) is 0 Å². The highest BCUT2D eigenvalue weighted by atomic mass is 16.7. The van der Waals surface area contributed by atoms with Crippen LogP contribution in [-0.4, -0.2) is 42.1 Å². The van der Waals surface area contributed by atoms with Crippen molar-refractivity contribution in [2.75, 3.05) is 6.61 Å². The van der Waals surface area contributed by atoms with E-state index in [1.165, 1.54) is 28.7 Å². The second-order valence-electron chi connectivity index (χ2n) is 19.6. The third-order valence-corrected chi connectivity index (χ3v) is 15.9. The number of fused-ring (bicyclic) bond motifs is 10. The van der Waals surface area contributed by atoms with Gasteiger partial charge in [0.05, 0.1) is 23.3 Å². The predicted molar refractivity (Wildman–Crippen MR) is 246 cm³/mol. The summed E-state index contributed by atoms with van der Waals surface area (Å²) >= 11 is 0. The minimum Gasteiger partial charge on any atom is -0.423 e. The molecule has 7 nitrogen and oxygen atoms in total. The fourth-order valence-electron chi connectivity index (χ4n) is 12.4. The van der Waals surface area contributed by atoms with Crippen molar-refractivity contribution in [3.63, 3.8) is 0 Å². The summed E-state index contributed by atoms with van der Waals surface area (Å²) < 4.78 is 23.6. The molecule has 0 spiro atoms. The molecule has 2 saturated carbocycles. The summed E-state index contributed by atoms with van der Waals surface area (Å²) in [5.41, 5.74) is 6.78. The second kappa shape index (κ2) is 18.3. The number of ether oxygens (including phenoxy) is 4. The first-order chi connectivity index (χ1) is 30.6. The first-order valence-corrected chi connectivity index (χ1v) is 23.7. The maximum absolute atomic E-state index is 12.5. The highest BCUT2D eigenvalue weighted by Gasteiger charge is 2.54. The Hall–Kier alpha value is -4.82. The predicted octanol–water partition coefficient (Wildman–Crippen LogP) is 12.0. The largest absolute Gasteiger partial charge is 0.423 e. The molecule has 0 aromatic heterocycles. The van der Waals surface area contributed by atoms with Crippen molar-refractivity contribution in [2.24, 2.45) is 34.5 Å². The molecule has 6 aliphatic rings. The van der Waals surface area contributed by atoms with E-state index in [9.17, 15) is 14.7 Å². The number of esters is 2. The summed E-state index contributed by atoms with van der Waals surface area (Å²) in [6.45, 7) is 9.64. The number of aliphatic hydroxyl groups is 1. The van der Waals surface area contributed by atoms with E-state index in [2.05, 4.69) is 63.3 Å². The van der Waals surface area contributed by atoms with Gasteiger partial charge < -0.3 is 24.1 Å². The minimum atomic E-state index is -0.312. The molecular weight excluding hydrogens is 785 g/mol. The first-order valence-electron chi connectivity index (χ1n) is 23.7. The number of carbonyl (C=O) groups is 2. The second-order valence-corrected chi connectivity index (χ2v) is 19.6. The van der Waals surface area contributed by atoms with Crippen molar-refractivity contribution in [2.45, 2.75) is 122 Å². The number of allylic oxidation sites excluding steroid dienone is 2. The molecule has 330 valence electrons. The lowest BCUT2D eigenvalue weighted by molar-refractivity contribution is -0.182. The number of hydrogen-bond acceptors (Lipinski definition) is 7. The van der Waals surface area contributed by atoms with E-state index in [1.807, 2.05) is 61.5 Å². The Bertz CT molecular complexity index is 2320. The van der Waals surface area contributed by atoms with Gasteiger partial charge in [-0.05, 0) is 171 Å². The summed E-state index contributed by atoms with van der Waals surface area (Å²) in [6, 6.07) is 30.7. The highest BCUT2D eigenvalue weighted by molar-refractivity contribution is 5.91. The third-order valence-electron chi connectivity index (χ3n) is 15.9. The van der Waals surface area contributed by atoms with Crippen LogP contribution >= 0.6 is 0 Å². The van der Waals surface area contributed by atoms with Crippen molar-refractivity contribution < 1.29 is 33.6 Å². The van der Waals surface area contributed by atoms with Crippen LogP contribution in [0.3, 0.4) is 0 Å². The van der Waals surface area contributed by atoms with E-state index in [1.54, 1.807) is 24.3 Å². The van der Waals surface area contributed by atoms with Gasteiger partial charge >= 0.3 is 11.9 Å². The molecule has 0 heterocycles. The van der Waals surface area contributed by atoms with E-state index in [-0.39, 0.29) is 41.3 Å². The molecule has 63 heavy (non-hydrogen) atoms. The monoisotopic (exact) mass is 848 g/mol. The third kappa shape index (κ3) is 8.61. The molecule has 4 aromatic carbocycles. The molecule has 0 aliphatic heterocycles. The summed E-state index contributed by atoms with van der Waals surface area (Å²) in [6.07, 6.45) is 19.7. The summed E-state index contributed by atoms with van der Waals surface area (Å²) in [5, 5.41) is 10.4. The van der Waals surface area contributed by atoms with Crippen LogP contribution in [0.4, 0.5) is 0 Å². The maximum atomic E-state index is 12.5. The molecule has 1 N–H and O–H groups in total. The van der Waals surface area contributed by atoms with Gasteiger partial charge in [-0.25, -0.2) is 9.59 Å². The van der Waals surface area contributed by atoms with Crippen molar-refractivity contribution >= 4 is 11.9 Å². The van der Waals surface area contributed by atoms with Gasteiger partial charge in [0.1, 0.15) is 11.5 Å². The first kappa shape index (κ1) is 43.4. The van der Waals surface area contributed by atoms with Gasteiger partial charge in [0, 0.05) is 17.4 Å². The number of aryl methyl sites for hydroxylation is 2. The Morgan fingerprint density at radius 3 is 1.71 bits per heavy atom. The number of aliphatic hydroxyl groups excluding tert-OH is 1. The van der Waals surface area contributed by atoms with Crippen LogP contribution in [-0.2, 0) is 22.3 Å². The Morgan fingerprint density at radius 1 is 0.667 bits per heavy atom. The lowest BCUT2D eigenvalue weighted by atomic mass is 9.55. The van der Waals surface area contributed by atoms with E-state index in [4.69, 9.17) is 18.9 Å². The fraction of sp³-hybridized carbons (Fsp3) is 0.464. The Balaban J connectivity index is 0.000000164. The van der Waals surface area contributed by atoms with Crippen LogP contribution < -0.4 is 9.47 Å². The van der Waals surface area contributed by atoms with Gasteiger partial charge in [0.15, 0.2) is 6.29 Å². The average Bonchev–Trinajstić information content (AvgIpc) is 3.80. The van der Waals surface area contributed by atoms with Crippen molar-refractivity contribution in [1.29, 1.82) is 0 Å². The Morgan fingerprint density at radius 2 is 1.17 bits per heavy atom. The number of carbonyl (C=O) groups excluding carboxylic acids is 2. The van der Waals surface area contributed by atoms with Crippen LogP contribution in [0.5, 0.6) is 11.5 Å². The van der Waals surface area contributed by atoms with Gasteiger partial charge in [-0.3, -0.25) is 0 Å². The summed E-state index contributed by atoms with van der Waals surface area (Å²) in [7, 11) is 0. The Labute approximate surface area is 373 Å². The number of unbranched alkanes of at least 4 members (excludes halogenated alkanes) is 1. The minimum absolute atomic E-state index is 0.00379. The molecule has 2 fully saturated rings. The molecule has 7 heteroatoms. The van der Waals surface area contributed by atoms with Crippen LogP contribution in [0.25, 0.3) is 0 Å². The fourth-order valence-corrected chi connectivity index (χ4v) is 12.4. The molecule has 0 saturated heterocycles. The van der Waals surface area contributed by atoms with Crippen LogP contribution in [0, 0.1) is 34.5 Å². The lowest BCUT2D eigenvalue weighted by Crippen LogP contribution is -2.46. The quantitative estimate of drug-likeness (QED) is 0.0559. The standard InChI is InChI=1S/C31H38O4.C25H26O3/c1-4-5-19-33-21(2)34-29-16-15-28-27-13-11-23-20-24(35-30(32)22-9-7-6-8-10-22)12-14-25(23)26(27)17-18-31(28,29)3;1-25-14-13-20-19-10-8-18(28-24(27)16-5-3-2-4-6-16)15-17(19)7-9-21(20)22(25)11-12-23(25)26/h6-10,12,14-16,20-21,26-29H,4-5,11,13,17-19H2,1-3H3;2-6,8,10-12,15,20-23,26H,7,9,13-14H2,1H3/t21?,26?,27?,28?,29-,31-;20?,21?,22?,23-,25-/m00/s1.